The van der Waals surface area contributed by atoms with Crippen LogP contribution in [0.5, 0.6) is 0 Å². The first kappa shape index (κ1) is 18.6. The first-order valence-corrected chi connectivity index (χ1v) is 8.86. The van der Waals surface area contributed by atoms with Crippen LogP contribution in [-0.4, -0.2) is 9.78 Å². The zero-order valence-corrected chi connectivity index (χ0v) is 15.4. The van der Waals surface area contributed by atoms with Gasteiger partial charge in [-0.2, -0.15) is 5.10 Å². The predicted molar refractivity (Wildman–Crippen MR) is 104 cm³/mol. The van der Waals surface area contributed by atoms with Crippen molar-refractivity contribution >= 4 is 12.4 Å². The fourth-order valence-electron chi connectivity index (χ4n) is 3.61. The van der Waals surface area contributed by atoms with Crippen LogP contribution in [0, 0.1) is 5.82 Å². The number of fused-ring (bicyclic) bond motifs is 1. The van der Waals surface area contributed by atoms with E-state index in [2.05, 4.69) is 39.4 Å². The highest BCUT2D eigenvalue weighted by atomic mass is 35.5. The van der Waals surface area contributed by atoms with Gasteiger partial charge in [-0.15, -0.1) is 12.4 Å². The Bertz CT molecular complexity index is 847. The van der Waals surface area contributed by atoms with Crippen LogP contribution in [0.15, 0.2) is 60.8 Å². The van der Waals surface area contributed by atoms with Gasteiger partial charge in [-0.25, -0.2) is 4.39 Å². The lowest BCUT2D eigenvalue weighted by Crippen LogP contribution is -2.25. The Hall–Kier alpha value is -2.17. The molecule has 4 rings (SSSR count). The van der Waals surface area contributed by atoms with Gasteiger partial charge in [-0.1, -0.05) is 42.5 Å². The molecule has 1 aromatic heterocycles. The van der Waals surface area contributed by atoms with Crippen molar-refractivity contribution in [2.45, 2.75) is 38.4 Å². The number of hydrogen-bond donors (Lipinski definition) is 1. The molecule has 0 saturated heterocycles. The first-order valence-electron chi connectivity index (χ1n) is 8.86. The number of halogens is 2. The maximum Gasteiger partial charge on any atom is 0.123 e. The van der Waals surface area contributed by atoms with Crippen LogP contribution in [0.3, 0.4) is 0 Å². The van der Waals surface area contributed by atoms with Crippen molar-refractivity contribution in [1.82, 2.24) is 15.1 Å². The maximum absolute atomic E-state index is 13.3. The quantitative estimate of drug-likeness (QED) is 0.707. The smallest absolute Gasteiger partial charge is 0.123 e. The van der Waals surface area contributed by atoms with E-state index >= 15 is 0 Å². The molecule has 1 heterocycles. The molecule has 0 radical (unpaired) electrons. The second-order valence-electron chi connectivity index (χ2n) is 6.65. The Labute approximate surface area is 159 Å². The summed E-state index contributed by atoms with van der Waals surface area (Å²) in [6.07, 6.45) is 5.31. The summed E-state index contributed by atoms with van der Waals surface area (Å²) in [4.78, 5) is 0. The van der Waals surface area contributed by atoms with Crippen molar-refractivity contribution in [2.75, 3.05) is 0 Å². The van der Waals surface area contributed by atoms with Crippen LogP contribution in [0.1, 0.15) is 41.3 Å². The zero-order chi connectivity index (χ0) is 17.1. The Morgan fingerprint density at radius 3 is 2.69 bits per heavy atom. The van der Waals surface area contributed by atoms with Gasteiger partial charge in [0, 0.05) is 23.8 Å². The lowest BCUT2D eigenvalue weighted by atomic mass is 9.92. The van der Waals surface area contributed by atoms with E-state index in [9.17, 15) is 4.39 Å². The molecule has 1 aliphatic carbocycles. The largest absolute Gasteiger partial charge is 0.306 e. The monoisotopic (exact) mass is 371 g/mol. The lowest BCUT2D eigenvalue weighted by molar-refractivity contribution is 0.449. The normalized spacial score (nSPS) is 16.0. The Balaban J connectivity index is 0.00000196. The van der Waals surface area contributed by atoms with E-state index in [-0.39, 0.29) is 24.3 Å². The molecule has 1 atom stereocenters. The molecule has 0 fully saturated rings. The van der Waals surface area contributed by atoms with Crippen molar-refractivity contribution in [3.8, 4) is 0 Å². The van der Waals surface area contributed by atoms with E-state index in [0.717, 1.165) is 31.4 Å². The van der Waals surface area contributed by atoms with Gasteiger partial charge in [-0.05, 0) is 42.5 Å². The topological polar surface area (TPSA) is 29.9 Å². The summed E-state index contributed by atoms with van der Waals surface area (Å²) in [5.41, 5.74) is 4.86. The highest BCUT2D eigenvalue weighted by Crippen LogP contribution is 2.30. The Morgan fingerprint density at radius 2 is 1.88 bits per heavy atom. The number of rotatable bonds is 5. The molecule has 5 heteroatoms. The third-order valence-corrected chi connectivity index (χ3v) is 4.88. The van der Waals surface area contributed by atoms with Gasteiger partial charge < -0.3 is 5.32 Å². The first-order chi connectivity index (χ1) is 12.3. The summed E-state index contributed by atoms with van der Waals surface area (Å²) in [5.74, 6) is -0.181. The molecular weight excluding hydrogens is 349 g/mol. The molecule has 3 aromatic rings. The van der Waals surface area contributed by atoms with Crippen LogP contribution in [0.25, 0.3) is 0 Å². The highest BCUT2D eigenvalue weighted by molar-refractivity contribution is 5.85. The fraction of sp³-hybridized carbons (Fsp3) is 0.286. The van der Waals surface area contributed by atoms with Crippen LogP contribution in [-0.2, 0) is 19.5 Å². The minimum atomic E-state index is -0.181. The molecule has 26 heavy (non-hydrogen) atoms. The molecule has 1 N–H and O–H groups in total. The van der Waals surface area contributed by atoms with E-state index < -0.39 is 0 Å². The SMILES string of the molecule is Cl.Fc1cccc(CNC2CCCc3c2cnn3Cc2ccccc2)c1. The van der Waals surface area contributed by atoms with Gasteiger partial charge in [0.1, 0.15) is 5.82 Å². The van der Waals surface area contributed by atoms with E-state index in [1.54, 1.807) is 12.1 Å². The number of hydrogen-bond acceptors (Lipinski definition) is 2. The fourth-order valence-corrected chi connectivity index (χ4v) is 3.61. The molecule has 0 amide bonds. The summed E-state index contributed by atoms with van der Waals surface area (Å²) in [7, 11) is 0. The molecule has 0 aliphatic heterocycles. The van der Waals surface area contributed by atoms with E-state index in [1.165, 1.54) is 22.9 Å². The molecular formula is C21H23ClFN3. The number of nitrogens with one attached hydrogen (secondary N) is 1. The molecule has 1 aliphatic rings. The molecule has 3 nitrogen and oxygen atoms in total. The summed E-state index contributed by atoms with van der Waals surface area (Å²) < 4.78 is 15.5. The standard InChI is InChI=1S/C21H22FN3.ClH/c22-18-9-4-8-17(12-18)13-23-20-10-5-11-21-19(20)14-24-25(21)15-16-6-2-1-3-7-16;/h1-4,6-9,12,14,20,23H,5,10-11,13,15H2;1H. The molecule has 1 unspecified atom stereocenters. The molecule has 2 aromatic carbocycles. The second kappa shape index (κ2) is 8.47. The lowest BCUT2D eigenvalue weighted by Gasteiger charge is -2.24. The minimum Gasteiger partial charge on any atom is -0.306 e. The van der Waals surface area contributed by atoms with Crippen molar-refractivity contribution in [3.05, 3.63) is 89.0 Å². The van der Waals surface area contributed by atoms with Gasteiger partial charge in [0.05, 0.1) is 12.7 Å². The van der Waals surface area contributed by atoms with Gasteiger partial charge in [0.2, 0.25) is 0 Å². The Morgan fingerprint density at radius 1 is 1.08 bits per heavy atom. The number of aromatic nitrogens is 2. The summed E-state index contributed by atoms with van der Waals surface area (Å²) >= 11 is 0. The average molecular weight is 372 g/mol. The molecule has 0 saturated carbocycles. The minimum absolute atomic E-state index is 0. The van der Waals surface area contributed by atoms with Crippen molar-refractivity contribution < 1.29 is 4.39 Å². The van der Waals surface area contributed by atoms with E-state index in [1.807, 2.05) is 18.3 Å². The number of benzene rings is 2. The van der Waals surface area contributed by atoms with E-state index in [4.69, 9.17) is 0 Å². The number of nitrogens with zero attached hydrogens (tertiary/aromatic N) is 2. The molecule has 0 bridgehead atoms. The van der Waals surface area contributed by atoms with Gasteiger partial charge >= 0.3 is 0 Å². The van der Waals surface area contributed by atoms with Gasteiger partial charge in [-0.3, -0.25) is 4.68 Å². The van der Waals surface area contributed by atoms with Crippen LogP contribution >= 0.6 is 12.4 Å². The maximum atomic E-state index is 13.3. The second-order valence-corrected chi connectivity index (χ2v) is 6.65. The third-order valence-electron chi connectivity index (χ3n) is 4.88. The summed E-state index contributed by atoms with van der Waals surface area (Å²) in [6, 6.07) is 17.5. The average Bonchev–Trinajstić information content (AvgIpc) is 3.04. The van der Waals surface area contributed by atoms with Crippen molar-refractivity contribution in [2.24, 2.45) is 0 Å². The van der Waals surface area contributed by atoms with Crippen molar-refractivity contribution in [3.63, 3.8) is 0 Å². The van der Waals surface area contributed by atoms with Crippen LogP contribution in [0.2, 0.25) is 0 Å². The van der Waals surface area contributed by atoms with Gasteiger partial charge in [0.15, 0.2) is 0 Å². The summed E-state index contributed by atoms with van der Waals surface area (Å²) in [6.45, 7) is 1.48. The van der Waals surface area contributed by atoms with E-state index in [0.29, 0.717) is 6.54 Å². The van der Waals surface area contributed by atoms with Crippen LogP contribution < -0.4 is 5.32 Å². The third kappa shape index (κ3) is 4.14. The van der Waals surface area contributed by atoms with Gasteiger partial charge in [0.25, 0.3) is 0 Å². The predicted octanol–water partition coefficient (Wildman–Crippen LogP) is 4.66. The zero-order valence-electron chi connectivity index (χ0n) is 14.6. The van der Waals surface area contributed by atoms with Crippen molar-refractivity contribution in [1.29, 1.82) is 0 Å². The van der Waals surface area contributed by atoms with Crippen LogP contribution in [0.4, 0.5) is 4.39 Å². The highest BCUT2D eigenvalue weighted by Gasteiger charge is 2.23. The summed E-state index contributed by atoms with van der Waals surface area (Å²) in [5, 5.41) is 8.21. The molecule has 0 spiro atoms. The Kier molecular flexibility index (Phi) is 6.07. The molecule has 136 valence electrons.